The fraction of sp³-hybridized carbons (Fsp3) is 0.409. The molecule has 1 aromatic carbocycles. The van der Waals surface area contributed by atoms with Crippen LogP contribution in [0.5, 0.6) is 0 Å². The van der Waals surface area contributed by atoms with Crippen LogP contribution in [0, 0.1) is 22.7 Å². The lowest BCUT2D eigenvalue weighted by molar-refractivity contribution is -0.134. The van der Waals surface area contributed by atoms with E-state index in [9.17, 15) is 9.59 Å². The van der Waals surface area contributed by atoms with Crippen molar-refractivity contribution in [1.82, 2.24) is 9.88 Å². The molecule has 1 aromatic heterocycles. The summed E-state index contributed by atoms with van der Waals surface area (Å²) in [5.74, 6) is -0.455. The summed E-state index contributed by atoms with van der Waals surface area (Å²) in [6.45, 7) is 1.60. The fourth-order valence-electron chi connectivity index (χ4n) is 3.45. The van der Waals surface area contributed by atoms with Gasteiger partial charge < -0.3 is 14.5 Å². The number of nitriles is 2. The van der Waals surface area contributed by atoms with Gasteiger partial charge in [0.1, 0.15) is 11.4 Å². The van der Waals surface area contributed by atoms with Crippen LogP contribution in [0.25, 0.3) is 10.9 Å². The van der Waals surface area contributed by atoms with Gasteiger partial charge in [-0.25, -0.2) is 9.78 Å². The van der Waals surface area contributed by atoms with Gasteiger partial charge in [-0.1, -0.05) is 18.2 Å². The molecule has 30 heavy (non-hydrogen) atoms. The molecule has 0 atom stereocenters. The maximum atomic E-state index is 12.9. The van der Waals surface area contributed by atoms with E-state index in [1.165, 1.54) is 4.90 Å². The minimum absolute atomic E-state index is 0.152. The normalized spacial score (nSPS) is 12.9. The molecule has 0 spiro atoms. The van der Waals surface area contributed by atoms with Gasteiger partial charge >= 0.3 is 5.97 Å². The Morgan fingerprint density at radius 3 is 2.43 bits per heavy atom. The van der Waals surface area contributed by atoms with E-state index < -0.39 is 18.5 Å². The average Bonchev–Trinajstić information content (AvgIpc) is 3.31. The van der Waals surface area contributed by atoms with Crippen molar-refractivity contribution in [2.75, 3.05) is 37.7 Å². The lowest BCUT2D eigenvalue weighted by Gasteiger charge is -2.22. The molecule has 2 heterocycles. The van der Waals surface area contributed by atoms with Crippen LogP contribution in [0.1, 0.15) is 36.0 Å². The van der Waals surface area contributed by atoms with Crippen molar-refractivity contribution < 1.29 is 14.3 Å². The summed E-state index contributed by atoms with van der Waals surface area (Å²) >= 11 is 0. The molecule has 8 heteroatoms. The van der Waals surface area contributed by atoms with Gasteiger partial charge in [-0.15, -0.1) is 0 Å². The van der Waals surface area contributed by atoms with Gasteiger partial charge in [0.2, 0.25) is 0 Å². The van der Waals surface area contributed by atoms with Crippen LogP contribution >= 0.6 is 0 Å². The van der Waals surface area contributed by atoms with Crippen molar-refractivity contribution in [3.63, 3.8) is 0 Å². The number of nitrogens with zero attached hydrogens (tertiary/aromatic N) is 5. The van der Waals surface area contributed by atoms with E-state index in [0.29, 0.717) is 11.4 Å². The van der Waals surface area contributed by atoms with Crippen LogP contribution in [0.2, 0.25) is 0 Å². The van der Waals surface area contributed by atoms with Crippen LogP contribution in [-0.4, -0.2) is 54.5 Å². The van der Waals surface area contributed by atoms with Gasteiger partial charge in [0.25, 0.3) is 5.91 Å². The van der Waals surface area contributed by atoms with E-state index in [2.05, 4.69) is 9.88 Å². The number of rotatable bonds is 8. The second-order valence-electron chi connectivity index (χ2n) is 7.02. The van der Waals surface area contributed by atoms with Crippen molar-refractivity contribution in [1.29, 1.82) is 10.5 Å². The Labute approximate surface area is 175 Å². The molecule has 0 aliphatic carbocycles. The first kappa shape index (κ1) is 21.1. The molecule has 0 saturated carbocycles. The maximum absolute atomic E-state index is 12.9. The van der Waals surface area contributed by atoms with Crippen LogP contribution in [-0.2, 0) is 9.53 Å². The molecule has 1 fully saturated rings. The van der Waals surface area contributed by atoms with Crippen molar-refractivity contribution in [2.45, 2.75) is 25.7 Å². The van der Waals surface area contributed by atoms with Crippen molar-refractivity contribution in [2.24, 2.45) is 0 Å². The monoisotopic (exact) mass is 405 g/mol. The Kier molecular flexibility index (Phi) is 7.18. The van der Waals surface area contributed by atoms with E-state index in [4.69, 9.17) is 15.3 Å². The van der Waals surface area contributed by atoms with E-state index >= 15 is 0 Å². The number of carbonyl (C=O) groups is 2. The molecule has 1 amide bonds. The summed E-state index contributed by atoms with van der Waals surface area (Å²) in [6.07, 6.45) is 2.38. The molecule has 0 N–H and O–H groups in total. The van der Waals surface area contributed by atoms with E-state index in [1.54, 1.807) is 6.07 Å². The highest BCUT2D eigenvalue weighted by molar-refractivity contribution is 6.00. The Hall–Kier alpha value is -3.65. The number of amides is 1. The number of carbonyl (C=O) groups excluding carboxylic acids is 2. The largest absolute Gasteiger partial charge is 0.452 e. The zero-order valence-electron chi connectivity index (χ0n) is 16.7. The predicted molar refractivity (Wildman–Crippen MR) is 111 cm³/mol. The van der Waals surface area contributed by atoms with E-state index in [0.717, 1.165) is 36.8 Å². The summed E-state index contributed by atoms with van der Waals surface area (Å²) in [7, 11) is 0. The molecule has 2 aromatic rings. The Morgan fingerprint density at radius 2 is 1.77 bits per heavy atom. The number of fused-ring (bicyclic) bond motifs is 1. The van der Waals surface area contributed by atoms with Crippen LogP contribution in [0.3, 0.4) is 0 Å². The molecule has 1 aliphatic rings. The number of hydrogen-bond acceptors (Lipinski definition) is 7. The molecule has 3 rings (SSSR count). The molecule has 0 unspecified atom stereocenters. The first-order valence-corrected chi connectivity index (χ1v) is 9.97. The zero-order valence-corrected chi connectivity index (χ0v) is 16.7. The SMILES string of the molecule is N#CCCN(CCC#N)C(=O)COC(=O)c1cc2ccccc2nc1N1CCCC1. The second kappa shape index (κ2) is 10.2. The van der Waals surface area contributed by atoms with Gasteiger partial charge in [-0.05, 0) is 25.0 Å². The highest BCUT2D eigenvalue weighted by Gasteiger charge is 2.24. The van der Waals surface area contributed by atoms with Gasteiger partial charge in [-0.2, -0.15) is 10.5 Å². The van der Waals surface area contributed by atoms with Crippen LogP contribution in [0.15, 0.2) is 30.3 Å². The molecule has 154 valence electrons. The lowest BCUT2D eigenvalue weighted by Crippen LogP contribution is -2.36. The third-order valence-corrected chi connectivity index (χ3v) is 5.00. The lowest BCUT2D eigenvalue weighted by atomic mass is 10.1. The van der Waals surface area contributed by atoms with E-state index in [1.807, 2.05) is 36.4 Å². The second-order valence-corrected chi connectivity index (χ2v) is 7.02. The van der Waals surface area contributed by atoms with Crippen molar-refractivity contribution in [3.8, 4) is 12.1 Å². The van der Waals surface area contributed by atoms with Crippen LogP contribution in [0.4, 0.5) is 5.82 Å². The molecule has 1 aliphatic heterocycles. The number of pyridine rings is 1. The Morgan fingerprint density at radius 1 is 1.10 bits per heavy atom. The third kappa shape index (κ3) is 5.03. The van der Waals surface area contributed by atoms with Crippen molar-refractivity contribution in [3.05, 3.63) is 35.9 Å². The number of benzene rings is 1. The standard InChI is InChI=1S/C22H23N5O3/c23-9-5-13-26(14-6-10-24)20(28)16-30-22(29)18-15-17-7-1-2-8-19(17)25-21(18)27-11-3-4-12-27/h1-2,7-8,15H,3-6,11-14,16H2. The summed E-state index contributed by atoms with van der Waals surface area (Å²) in [5.41, 5.74) is 1.13. The number of hydrogen-bond donors (Lipinski definition) is 0. The molecule has 0 bridgehead atoms. The van der Waals surface area contributed by atoms with Gasteiger partial charge in [0, 0.05) is 31.6 Å². The Balaban J connectivity index is 1.77. The van der Waals surface area contributed by atoms with Gasteiger partial charge in [0.05, 0.1) is 30.5 Å². The number of anilines is 1. The van der Waals surface area contributed by atoms with Gasteiger partial charge in [0.15, 0.2) is 6.61 Å². The number of para-hydroxylation sites is 1. The van der Waals surface area contributed by atoms with E-state index in [-0.39, 0.29) is 25.9 Å². The number of esters is 1. The minimum atomic E-state index is -0.607. The first-order valence-electron chi connectivity index (χ1n) is 9.97. The summed E-state index contributed by atoms with van der Waals surface area (Å²) < 4.78 is 5.32. The maximum Gasteiger partial charge on any atom is 0.342 e. The fourth-order valence-corrected chi connectivity index (χ4v) is 3.45. The highest BCUT2D eigenvalue weighted by atomic mass is 16.5. The van der Waals surface area contributed by atoms with Crippen LogP contribution < -0.4 is 4.90 Å². The molecule has 8 nitrogen and oxygen atoms in total. The Bertz CT molecular complexity index is 984. The summed E-state index contributed by atoms with van der Waals surface area (Å²) in [6, 6.07) is 13.3. The first-order chi connectivity index (χ1) is 14.6. The topological polar surface area (TPSA) is 110 Å². The number of aromatic nitrogens is 1. The van der Waals surface area contributed by atoms with Gasteiger partial charge in [-0.3, -0.25) is 4.79 Å². The summed E-state index contributed by atoms with van der Waals surface area (Å²) in [5, 5.41) is 18.3. The minimum Gasteiger partial charge on any atom is -0.452 e. The molecular formula is C22H23N5O3. The quantitative estimate of drug-likeness (QED) is 0.621. The van der Waals surface area contributed by atoms with Crippen molar-refractivity contribution >= 4 is 28.6 Å². The highest BCUT2D eigenvalue weighted by Crippen LogP contribution is 2.27. The average molecular weight is 405 g/mol. The summed E-state index contributed by atoms with van der Waals surface area (Å²) in [4.78, 5) is 33.4. The smallest absolute Gasteiger partial charge is 0.342 e. The predicted octanol–water partition coefficient (Wildman–Crippen LogP) is 2.65. The third-order valence-electron chi connectivity index (χ3n) is 5.00. The molecule has 0 radical (unpaired) electrons. The molecule has 1 saturated heterocycles. The molecular weight excluding hydrogens is 382 g/mol. The zero-order chi connectivity index (χ0) is 21.3. The number of ether oxygens (including phenoxy) is 1.